The smallest absolute Gasteiger partial charge is 0.0406 e. The van der Waals surface area contributed by atoms with Gasteiger partial charge in [0.15, 0.2) is 0 Å². The zero-order chi connectivity index (χ0) is 13.0. The van der Waals surface area contributed by atoms with Gasteiger partial charge in [-0.25, -0.2) is 0 Å². The summed E-state index contributed by atoms with van der Waals surface area (Å²) in [6.45, 7) is 9.01. The molecule has 1 atom stereocenters. The molecule has 0 aromatic heterocycles. The van der Waals surface area contributed by atoms with E-state index in [0.717, 1.165) is 37.1 Å². The molecule has 1 aromatic carbocycles. The lowest BCUT2D eigenvalue weighted by Gasteiger charge is -2.34. The molecule has 1 aromatic rings. The van der Waals surface area contributed by atoms with Gasteiger partial charge in [0.2, 0.25) is 0 Å². The summed E-state index contributed by atoms with van der Waals surface area (Å²) in [5, 5.41) is 4.43. The molecule has 0 unspecified atom stereocenters. The largest absolute Gasteiger partial charge is 0.311 e. The van der Waals surface area contributed by atoms with Gasteiger partial charge in [0.25, 0.3) is 0 Å². The van der Waals surface area contributed by atoms with Crippen LogP contribution in [0.25, 0.3) is 0 Å². The van der Waals surface area contributed by atoms with E-state index in [2.05, 4.69) is 36.2 Å². The van der Waals surface area contributed by atoms with E-state index in [9.17, 15) is 0 Å². The Balaban J connectivity index is 1.87. The SMILES string of the molecule is CC(C)C[C@@H]1CN(Cc2ccc(Cl)cc2)CCN1. The highest BCUT2D eigenvalue weighted by Gasteiger charge is 2.19. The number of hydrogen-bond acceptors (Lipinski definition) is 2. The lowest BCUT2D eigenvalue weighted by Crippen LogP contribution is -2.50. The second-order valence-electron chi connectivity index (χ2n) is 5.64. The molecule has 18 heavy (non-hydrogen) atoms. The molecule has 1 aliphatic rings. The normalized spacial score (nSPS) is 21.4. The fourth-order valence-electron chi connectivity index (χ4n) is 2.61. The molecule has 3 heteroatoms. The summed E-state index contributed by atoms with van der Waals surface area (Å²) in [7, 11) is 0. The average Bonchev–Trinajstić information content (AvgIpc) is 2.32. The first-order valence-corrected chi connectivity index (χ1v) is 7.21. The topological polar surface area (TPSA) is 15.3 Å². The summed E-state index contributed by atoms with van der Waals surface area (Å²) in [5.41, 5.74) is 1.35. The molecular weight excluding hydrogens is 244 g/mol. The van der Waals surface area contributed by atoms with E-state index < -0.39 is 0 Å². The van der Waals surface area contributed by atoms with E-state index >= 15 is 0 Å². The Kier molecular flexibility index (Phi) is 5.04. The zero-order valence-electron chi connectivity index (χ0n) is 11.3. The maximum atomic E-state index is 5.91. The Labute approximate surface area is 115 Å². The highest BCUT2D eigenvalue weighted by molar-refractivity contribution is 6.30. The molecule has 0 bridgehead atoms. The first kappa shape index (κ1) is 13.9. The van der Waals surface area contributed by atoms with Gasteiger partial charge in [0, 0.05) is 37.2 Å². The van der Waals surface area contributed by atoms with Crippen LogP contribution in [0, 0.1) is 5.92 Å². The van der Waals surface area contributed by atoms with Crippen LogP contribution in [-0.2, 0) is 6.54 Å². The van der Waals surface area contributed by atoms with Crippen molar-refractivity contribution in [1.29, 1.82) is 0 Å². The molecule has 0 radical (unpaired) electrons. The van der Waals surface area contributed by atoms with Gasteiger partial charge in [-0.15, -0.1) is 0 Å². The number of benzene rings is 1. The molecule has 0 saturated carbocycles. The molecule has 1 aliphatic heterocycles. The lowest BCUT2D eigenvalue weighted by atomic mass is 10.0. The van der Waals surface area contributed by atoms with Gasteiger partial charge in [-0.3, -0.25) is 4.90 Å². The average molecular weight is 267 g/mol. The molecule has 1 heterocycles. The molecule has 0 aliphatic carbocycles. The minimum atomic E-state index is 0.644. The van der Waals surface area contributed by atoms with Gasteiger partial charge in [0.05, 0.1) is 0 Å². The van der Waals surface area contributed by atoms with E-state index in [4.69, 9.17) is 11.6 Å². The van der Waals surface area contributed by atoms with Crippen molar-refractivity contribution in [1.82, 2.24) is 10.2 Å². The first-order valence-electron chi connectivity index (χ1n) is 6.83. The van der Waals surface area contributed by atoms with Crippen LogP contribution in [0.1, 0.15) is 25.8 Å². The van der Waals surface area contributed by atoms with Crippen molar-refractivity contribution in [3.05, 3.63) is 34.9 Å². The van der Waals surface area contributed by atoms with Crippen molar-refractivity contribution in [2.24, 2.45) is 5.92 Å². The standard InChI is InChI=1S/C15H23ClN2/c1-12(2)9-15-11-18(8-7-17-15)10-13-3-5-14(16)6-4-13/h3-6,12,15,17H,7-11H2,1-2H3/t15-/m1/s1. The minimum absolute atomic E-state index is 0.644. The Bertz CT molecular complexity index is 361. The third kappa shape index (κ3) is 4.27. The molecule has 2 nitrogen and oxygen atoms in total. The fourth-order valence-corrected chi connectivity index (χ4v) is 2.74. The maximum Gasteiger partial charge on any atom is 0.0406 e. The number of nitrogens with zero attached hydrogens (tertiary/aromatic N) is 1. The molecular formula is C15H23ClN2. The minimum Gasteiger partial charge on any atom is -0.311 e. The predicted molar refractivity (Wildman–Crippen MR) is 78.0 cm³/mol. The summed E-state index contributed by atoms with van der Waals surface area (Å²) < 4.78 is 0. The van der Waals surface area contributed by atoms with Gasteiger partial charge in [-0.05, 0) is 30.0 Å². The Morgan fingerprint density at radius 1 is 1.33 bits per heavy atom. The molecule has 0 spiro atoms. The Hall–Kier alpha value is -0.570. The van der Waals surface area contributed by atoms with E-state index in [0.29, 0.717) is 6.04 Å². The third-order valence-electron chi connectivity index (χ3n) is 3.41. The van der Waals surface area contributed by atoms with E-state index in [1.165, 1.54) is 12.0 Å². The van der Waals surface area contributed by atoms with Crippen LogP contribution in [0.4, 0.5) is 0 Å². The van der Waals surface area contributed by atoms with Crippen LogP contribution in [-0.4, -0.2) is 30.6 Å². The van der Waals surface area contributed by atoms with Crippen LogP contribution in [0.5, 0.6) is 0 Å². The lowest BCUT2D eigenvalue weighted by molar-refractivity contribution is 0.179. The second-order valence-corrected chi connectivity index (χ2v) is 6.08. The molecule has 100 valence electrons. The van der Waals surface area contributed by atoms with Crippen molar-refractivity contribution in [2.45, 2.75) is 32.9 Å². The van der Waals surface area contributed by atoms with E-state index in [1.807, 2.05) is 12.1 Å². The number of piperazine rings is 1. The third-order valence-corrected chi connectivity index (χ3v) is 3.67. The van der Waals surface area contributed by atoms with E-state index in [-0.39, 0.29) is 0 Å². The van der Waals surface area contributed by atoms with Crippen molar-refractivity contribution in [3.8, 4) is 0 Å². The number of hydrogen-bond donors (Lipinski definition) is 1. The maximum absolute atomic E-state index is 5.91. The summed E-state index contributed by atoms with van der Waals surface area (Å²) in [6, 6.07) is 8.85. The van der Waals surface area contributed by atoms with Crippen LogP contribution in [0.15, 0.2) is 24.3 Å². The van der Waals surface area contributed by atoms with Gasteiger partial charge >= 0.3 is 0 Å². The number of nitrogens with one attached hydrogen (secondary N) is 1. The second kappa shape index (κ2) is 6.55. The van der Waals surface area contributed by atoms with Crippen molar-refractivity contribution >= 4 is 11.6 Å². The number of halogens is 1. The van der Waals surface area contributed by atoms with Crippen LogP contribution < -0.4 is 5.32 Å². The molecule has 1 fully saturated rings. The fraction of sp³-hybridized carbons (Fsp3) is 0.600. The monoisotopic (exact) mass is 266 g/mol. The molecule has 1 N–H and O–H groups in total. The zero-order valence-corrected chi connectivity index (χ0v) is 12.1. The van der Waals surface area contributed by atoms with Crippen molar-refractivity contribution < 1.29 is 0 Å². The molecule has 0 amide bonds. The Morgan fingerprint density at radius 2 is 2.06 bits per heavy atom. The van der Waals surface area contributed by atoms with Crippen LogP contribution in [0.3, 0.4) is 0 Å². The van der Waals surface area contributed by atoms with Gasteiger partial charge in [-0.1, -0.05) is 37.6 Å². The summed E-state index contributed by atoms with van der Waals surface area (Å²) >= 11 is 5.91. The number of rotatable bonds is 4. The van der Waals surface area contributed by atoms with Crippen LogP contribution >= 0.6 is 11.6 Å². The first-order chi connectivity index (χ1) is 8.63. The Morgan fingerprint density at radius 3 is 2.72 bits per heavy atom. The van der Waals surface area contributed by atoms with Crippen molar-refractivity contribution in [3.63, 3.8) is 0 Å². The van der Waals surface area contributed by atoms with E-state index in [1.54, 1.807) is 0 Å². The van der Waals surface area contributed by atoms with Crippen molar-refractivity contribution in [2.75, 3.05) is 19.6 Å². The highest BCUT2D eigenvalue weighted by Crippen LogP contribution is 2.14. The molecule has 2 rings (SSSR count). The predicted octanol–water partition coefficient (Wildman–Crippen LogP) is 3.16. The summed E-state index contributed by atoms with van der Waals surface area (Å²) in [5.74, 6) is 0.762. The van der Waals surface area contributed by atoms with Gasteiger partial charge in [0.1, 0.15) is 0 Å². The van der Waals surface area contributed by atoms with Gasteiger partial charge < -0.3 is 5.32 Å². The molecule has 1 saturated heterocycles. The quantitative estimate of drug-likeness (QED) is 0.901. The summed E-state index contributed by atoms with van der Waals surface area (Å²) in [6.07, 6.45) is 1.26. The van der Waals surface area contributed by atoms with Crippen LogP contribution in [0.2, 0.25) is 5.02 Å². The van der Waals surface area contributed by atoms with Gasteiger partial charge in [-0.2, -0.15) is 0 Å². The highest BCUT2D eigenvalue weighted by atomic mass is 35.5. The summed E-state index contributed by atoms with van der Waals surface area (Å²) in [4.78, 5) is 2.53.